The lowest BCUT2D eigenvalue weighted by molar-refractivity contribution is 0.0502. The molecule has 34 heavy (non-hydrogen) atoms. The number of hydrogen-bond donors (Lipinski definition) is 1. The van der Waals surface area contributed by atoms with E-state index in [9.17, 15) is 5.11 Å². The molecule has 5 atom stereocenters. The molecule has 0 amide bonds. The average molecular weight is 461 g/mol. The monoisotopic (exact) mass is 460 g/mol. The van der Waals surface area contributed by atoms with Crippen LogP contribution in [0.5, 0.6) is 11.5 Å². The van der Waals surface area contributed by atoms with E-state index >= 15 is 0 Å². The van der Waals surface area contributed by atoms with Crippen LogP contribution in [0, 0.1) is 17.3 Å². The Bertz CT molecular complexity index is 1060. The van der Waals surface area contributed by atoms with Gasteiger partial charge in [0.1, 0.15) is 11.5 Å². The first-order valence-corrected chi connectivity index (χ1v) is 13.3. The van der Waals surface area contributed by atoms with Crippen LogP contribution in [-0.2, 0) is 6.42 Å². The van der Waals surface area contributed by atoms with Crippen LogP contribution in [0.2, 0.25) is 0 Å². The smallest absolute Gasteiger partial charge is 0.126 e. The first kappa shape index (κ1) is 23.3. The molecule has 182 valence electrons. The molecule has 0 saturated heterocycles. The second kappa shape index (κ2) is 9.28. The molecule has 4 unspecified atom stereocenters. The number of aromatic hydroxyl groups is 1. The zero-order valence-corrected chi connectivity index (χ0v) is 21.3. The normalized spacial score (nSPS) is 30.0. The van der Waals surface area contributed by atoms with E-state index < -0.39 is 0 Å². The van der Waals surface area contributed by atoms with E-state index in [-0.39, 0.29) is 5.41 Å². The van der Waals surface area contributed by atoms with Gasteiger partial charge in [-0.1, -0.05) is 13.0 Å². The fraction of sp³-hybridized carbons (Fsp3) is 0.567. The van der Waals surface area contributed by atoms with Gasteiger partial charge in [-0.25, -0.2) is 0 Å². The van der Waals surface area contributed by atoms with Crippen molar-refractivity contribution in [3.8, 4) is 11.5 Å². The number of anilines is 1. The number of hydrogen-bond acceptors (Lipinski definition) is 4. The lowest BCUT2D eigenvalue weighted by Crippen LogP contribution is -2.43. The van der Waals surface area contributed by atoms with Gasteiger partial charge < -0.3 is 14.7 Å². The number of ether oxygens (including phenoxy) is 1. The molecule has 2 aromatic rings. The molecule has 4 nitrogen and oxygen atoms in total. The topological polar surface area (TPSA) is 45.1 Å². The van der Waals surface area contributed by atoms with E-state index in [2.05, 4.69) is 49.9 Å². The van der Waals surface area contributed by atoms with Gasteiger partial charge in [-0.3, -0.25) is 4.99 Å². The molecule has 1 N–H and O–H groups in total. The minimum atomic E-state index is 0.262. The summed E-state index contributed by atoms with van der Waals surface area (Å²) >= 11 is 0. The van der Waals surface area contributed by atoms with Gasteiger partial charge in [0, 0.05) is 36.6 Å². The van der Waals surface area contributed by atoms with Crippen LogP contribution in [0.1, 0.15) is 75.5 Å². The summed E-state index contributed by atoms with van der Waals surface area (Å²) in [5, 5.41) is 10.7. The van der Waals surface area contributed by atoms with Gasteiger partial charge in [-0.05, 0) is 111 Å². The summed E-state index contributed by atoms with van der Waals surface area (Å²) in [4.78, 5) is 7.36. The maximum Gasteiger partial charge on any atom is 0.126 e. The van der Waals surface area contributed by atoms with E-state index in [1.807, 2.05) is 18.3 Å². The molecule has 0 bridgehead atoms. The number of rotatable bonds is 6. The molecular weight excluding hydrogens is 420 g/mol. The van der Waals surface area contributed by atoms with E-state index in [0.29, 0.717) is 17.7 Å². The Morgan fingerprint density at radius 2 is 1.91 bits per heavy atom. The minimum Gasteiger partial charge on any atom is -0.507 e. The van der Waals surface area contributed by atoms with E-state index in [0.717, 1.165) is 48.3 Å². The van der Waals surface area contributed by atoms with Gasteiger partial charge in [0.05, 0.1) is 13.2 Å². The average Bonchev–Trinajstić information content (AvgIpc) is 3.20. The molecule has 0 spiro atoms. The fourth-order valence-electron chi connectivity index (χ4n) is 7.50. The van der Waals surface area contributed by atoms with Gasteiger partial charge in [0.15, 0.2) is 0 Å². The predicted octanol–water partition coefficient (Wildman–Crippen LogP) is 6.59. The van der Waals surface area contributed by atoms with Crippen molar-refractivity contribution in [3.63, 3.8) is 0 Å². The van der Waals surface area contributed by atoms with Crippen LogP contribution in [0.25, 0.3) is 0 Å². The Morgan fingerprint density at radius 1 is 1.09 bits per heavy atom. The number of aliphatic imine (C=N–C) groups is 1. The Hall–Kier alpha value is -2.49. The second-order valence-corrected chi connectivity index (χ2v) is 10.8. The highest BCUT2D eigenvalue weighted by Gasteiger charge is 2.54. The fourth-order valence-corrected chi connectivity index (χ4v) is 7.50. The van der Waals surface area contributed by atoms with Gasteiger partial charge >= 0.3 is 0 Å². The van der Waals surface area contributed by atoms with Crippen molar-refractivity contribution in [3.05, 3.63) is 53.1 Å². The molecule has 2 fully saturated rings. The van der Waals surface area contributed by atoms with Crippen molar-refractivity contribution in [2.24, 2.45) is 22.2 Å². The Kier molecular flexibility index (Phi) is 6.35. The van der Waals surface area contributed by atoms with Gasteiger partial charge in [-0.15, -0.1) is 0 Å². The molecule has 3 aliphatic carbocycles. The zero-order chi connectivity index (χ0) is 23.9. The maximum atomic E-state index is 10.7. The van der Waals surface area contributed by atoms with Crippen molar-refractivity contribution in [1.29, 1.82) is 0 Å². The lowest BCUT2D eigenvalue weighted by atomic mass is 9.55. The number of nitrogens with zero attached hydrogens (tertiary/aromatic N) is 2. The van der Waals surface area contributed by atoms with Crippen LogP contribution >= 0.6 is 0 Å². The second-order valence-electron chi connectivity index (χ2n) is 10.8. The van der Waals surface area contributed by atoms with Crippen molar-refractivity contribution < 1.29 is 9.84 Å². The van der Waals surface area contributed by atoms with Crippen LogP contribution in [-0.4, -0.2) is 37.6 Å². The molecule has 0 aliphatic heterocycles. The summed E-state index contributed by atoms with van der Waals surface area (Å²) in [6.07, 6.45) is 9.32. The summed E-state index contributed by atoms with van der Waals surface area (Å²) in [6.45, 7) is 8.65. The third-order valence-corrected chi connectivity index (χ3v) is 9.42. The Balaban J connectivity index is 1.33. The number of phenols is 1. The van der Waals surface area contributed by atoms with Crippen LogP contribution in [0.4, 0.5) is 5.69 Å². The third-order valence-electron chi connectivity index (χ3n) is 9.42. The maximum absolute atomic E-state index is 10.7. The molecule has 5 rings (SSSR count). The minimum absolute atomic E-state index is 0.262. The molecule has 2 aromatic carbocycles. The van der Waals surface area contributed by atoms with Crippen LogP contribution < -0.4 is 9.64 Å². The number of fused-ring (bicyclic) bond motifs is 5. The van der Waals surface area contributed by atoms with Gasteiger partial charge in [0.2, 0.25) is 0 Å². The number of benzene rings is 2. The zero-order valence-electron chi connectivity index (χ0n) is 21.3. The molecule has 4 heteroatoms. The number of phenolic OH excluding ortho intramolecular Hbond substituents is 1. The lowest BCUT2D eigenvalue weighted by Gasteiger charge is -2.50. The summed E-state index contributed by atoms with van der Waals surface area (Å²) in [6, 6.07) is 13.1. The highest BCUT2D eigenvalue weighted by molar-refractivity contribution is 5.84. The predicted molar refractivity (Wildman–Crippen MR) is 141 cm³/mol. The molecule has 0 heterocycles. The van der Waals surface area contributed by atoms with Gasteiger partial charge in [-0.2, -0.15) is 0 Å². The molecule has 0 aromatic heterocycles. The van der Waals surface area contributed by atoms with Crippen LogP contribution in [0.15, 0.2) is 41.4 Å². The molecular formula is C30H40N2O2. The van der Waals surface area contributed by atoms with E-state index in [1.54, 1.807) is 12.7 Å². The number of aryl methyl sites for hydroxylation is 1. The first-order valence-electron chi connectivity index (χ1n) is 13.3. The van der Waals surface area contributed by atoms with E-state index in [4.69, 9.17) is 9.73 Å². The Labute approximate surface area is 205 Å². The standard InChI is InChI=1S/C30H40N2O2/c1-5-32(6-2)22-9-7-21(28(33)18-22)19-31-29-14-13-27-26-11-8-20-17-23(34-4)10-12-24(20)25(26)15-16-30(27,29)3/h7,9-10,12,17-19,25-27,29,33H,5-6,8,11,13-16H2,1-4H3/t25?,26?,27?,29-,30?/m0/s1. The summed E-state index contributed by atoms with van der Waals surface area (Å²) in [5.74, 6) is 3.51. The molecule has 0 radical (unpaired) electrons. The quantitative estimate of drug-likeness (QED) is 0.495. The summed E-state index contributed by atoms with van der Waals surface area (Å²) in [5.41, 5.74) is 5.24. The third kappa shape index (κ3) is 3.89. The number of methoxy groups -OCH3 is 1. The van der Waals surface area contributed by atoms with E-state index in [1.165, 1.54) is 37.7 Å². The summed E-state index contributed by atoms with van der Waals surface area (Å²) < 4.78 is 5.48. The highest BCUT2D eigenvalue weighted by Crippen LogP contribution is 2.61. The van der Waals surface area contributed by atoms with Crippen molar-refractivity contribution >= 4 is 11.9 Å². The van der Waals surface area contributed by atoms with Gasteiger partial charge in [0.25, 0.3) is 0 Å². The largest absolute Gasteiger partial charge is 0.507 e. The van der Waals surface area contributed by atoms with Crippen molar-refractivity contribution in [1.82, 2.24) is 0 Å². The first-order chi connectivity index (χ1) is 16.5. The Morgan fingerprint density at radius 3 is 2.65 bits per heavy atom. The SMILES string of the molecule is CCN(CC)c1ccc(C=N[C@H]2CCC3C4CCc5cc(OC)ccc5C4CCC32C)c(O)c1. The van der Waals surface area contributed by atoms with Crippen molar-refractivity contribution in [2.75, 3.05) is 25.1 Å². The van der Waals surface area contributed by atoms with Crippen molar-refractivity contribution in [2.45, 2.75) is 71.3 Å². The molecule has 3 aliphatic rings. The summed E-state index contributed by atoms with van der Waals surface area (Å²) in [7, 11) is 1.76. The highest BCUT2D eigenvalue weighted by atomic mass is 16.5. The van der Waals surface area contributed by atoms with Crippen LogP contribution in [0.3, 0.4) is 0 Å². The molecule has 2 saturated carbocycles.